The molecule has 1 unspecified atom stereocenters. The molecular weight excluding hydrogens is 559 g/mol. The van der Waals surface area contributed by atoms with E-state index in [0.29, 0.717) is 44.4 Å². The van der Waals surface area contributed by atoms with E-state index in [1.807, 2.05) is 16.5 Å². The Kier molecular flexibility index (Phi) is 7.41. The molecule has 1 aliphatic carbocycles. The lowest BCUT2D eigenvalue weighted by Crippen LogP contribution is -2.53. The third kappa shape index (κ3) is 5.52. The van der Waals surface area contributed by atoms with Crippen LogP contribution in [0.15, 0.2) is 35.9 Å². The predicted octanol–water partition coefficient (Wildman–Crippen LogP) is 0.568. The van der Waals surface area contributed by atoms with Gasteiger partial charge in [0.25, 0.3) is 0 Å². The predicted molar refractivity (Wildman–Crippen MR) is 159 cm³/mol. The molecule has 1 saturated carbocycles. The van der Waals surface area contributed by atoms with Gasteiger partial charge in [0.1, 0.15) is 0 Å². The van der Waals surface area contributed by atoms with Crippen LogP contribution >= 0.6 is 0 Å². The Morgan fingerprint density at radius 3 is 2.56 bits per heavy atom. The molecule has 1 aromatic carbocycles. The number of hydrogen-bond acceptors (Lipinski definition) is 7. The Labute approximate surface area is 244 Å². The minimum atomic E-state index is -3.78. The molecule has 4 aliphatic rings. The summed E-state index contributed by atoms with van der Waals surface area (Å²) in [7, 11) is -0.171. The van der Waals surface area contributed by atoms with Gasteiger partial charge in [0, 0.05) is 76.9 Å². The van der Waals surface area contributed by atoms with Gasteiger partial charge in [0.2, 0.25) is 21.8 Å². The lowest BCUT2D eigenvalue weighted by molar-refractivity contribution is -0.125. The van der Waals surface area contributed by atoms with Crippen molar-refractivity contribution in [3.8, 4) is 0 Å². The zero-order chi connectivity index (χ0) is 28.9. The van der Waals surface area contributed by atoms with Crippen LogP contribution in [-0.4, -0.2) is 112 Å². The van der Waals surface area contributed by atoms with Crippen molar-refractivity contribution in [2.24, 2.45) is 0 Å². The van der Waals surface area contributed by atoms with E-state index in [-0.39, 0.29) is 28.8 Å². The van der Waals surface area contributed by atoms with Crippen LogP contribution < -0.4 is 14.9 Å². The van der Waals surface area contributed by atoms with Gasteiger partial charge in [0.15, 0.2) is 0 Å². The van der Waals surface area contributed by atoms with E-state index >= 15 is 0 Å². The van der Waals surface area contributed by atoms with Crippen LogP contribution in [0, 0.1) is 0 Å². The van der Waals surface area contributed by atoms with E-state index in [1.165, 1.54) is 6.08 Å². The first-order valence-corrected chi connectivity index (χ1v) is 16.4. The maximum atomic E-state index is 13.6. The number of sulfonamides is 1. The average molecular weight is 596 g/mol. The number of aromatic nitrogens is 2. The second-order valence-corrected chi connectivity index (χ2v) is 14.1. The van der Waals surface area contributed by atoms with E-state index in [1.54, 1.807) is 23.2 Å². The van der Waals surface area contributed by atoms with Crippen LogP contribution in [0.4, 0.5) is 5.69 Å². The number of anilines is 1. The van der Waals surface area contributed by atoms with Gasteiger partial charge in [-0.15, -0.1) is 0 Å². The maximum absolute atomic E-state index is 13.6. The molecule has 6 rings (SSSR count). The van der Waals surface area contributed by atoms with E-state index in [2.05, 4.69) is 31.4 Å². The van der Waals surface area contributed by atoms with Gasteiger partial charge in [-0.05, 0) is 63.8 Å². The fourth-order valence-corrected chi connectivity index (χ4v) is 8.06. The van der Waals surface area contributed by atoms with Gasteiger partial charge in [-0.3, -0.25) is 14.3 Å². The molecule has 4 heterocycles. The molecule has 13 heteroatoms. The molecule has 2 amide bonds. The number of fused-ring (bicyclic) bond motifs is 1. The number of rotatable bonds is 8. The summed E-state index contributed by atoms with van der Waals surface area (Å²) in [5, 5.41) is 9.60. The lowest BCUT2D eigenvalue weighted by Gasteiger charge is -2.37. The Hall–Kier alpha value is -2.87. The Morgan fingerprint density at radius 2 is 1.90 bits per heavy atom. The summed E-state index contributed by atoms with van der Waals surface area (Å²) < 4.78 is 31.9. The van der Waals surface area contributed by atoms with Crippen molar-refractivity contribution in [1.82, 2.24) is 29.6 Å². The Bertz CT molecular complexity index is 1500. The maximum Gasteiger partial charge on any atom is 0.246 e. The van der Waals surface area contributed by atoms with Crippen LogP contribution in [0.3, 0.4) is 0 Å². The molecule has 2 radical (unpaired) electrons. The number of hydrogen-bond donors (Lipinski definition) is 2. The number of carbonyl (C=O) groups excluding carboxylic acids is 2. The van der Waals surface area contributed by atoms with Crippen LogP contribution in [0.5, 0.6) is 0 Å². The molecule has 0 bridgehead atoms. The van der Waals surface area contributed by atoms with Gasteiger partial charge < -0.3 is 20.0 Å². The normalized spacial score (nSPS) is 24.2. The Balaban J connectivity index is 1.29. The molecular formula is C28H37N7O4SSi. The summed E-state index contributed by atoms with van der Waals surface area (Å²) >= 11 is 0. The third-order valence-corrected chi connectivity index (χ3v) is 11.1. The highest BCUT2D eigenvalue weighted by molar-refractivity contribution is 7.89. The Morgan fingerprint density at radius 1 is 1.15 bits per heavy atom. The summed E-state index contributed by atoms with van der Waals surface area (Å²) in [6.07, 6.45) is 7.46. The van der Waals surface area contributed by atoms with Gasteiger partial charge in [0.05, 0.1) is 22.7 Å². The largest absolute Gasteiger partial charge is 0.367 e. The van der Waals surface area contributed by atoms with Crippen LogP contribution in [0.2, 0.25) is 0 Å². The summed E-state index contributed by atoms with van der Waals surface area (Å²) in [6, 6.07) is 3.45. The van der Waals surface area contributed by atoms with Gasteiger partial charge in [-0.1, -0.05) is 6.58 Å². The molecule has 2 atom stereocenters. The topological polar surface area (TPSA) is 120 Å². The monoisotopic (exact) mass is 595 g/mol. The highest BCUT2D eigenvalue weighted by Gasteiger charge is 2.42. The van der Waals surface area contributed by atoms with Crippen molar-refractivity contribution in [3.63, 3.8) is 0 Å². The SMILES string of the molecule is C=CC(=O)N1CCC(n2ncc3c(N4CCN(C(=O)C(=[Si])[C@@H]5CCCN5)CC4)cc(S(=O)(=O)NC4(C)CC4)cc32)C1. The lowest BCUT2D eigenvalue weighted by atomic mass is 10.1. The van der Waals surface area contributed by atoms with E-state index in [4.69, 9.17) is 5.10 Å². The van der Waals surface area contributed by atoms with Crippen molar-refractivity contribution in [3.05, 3.63) is 31.0 Å². The van der Waals surface area contributed by atoms with Crippen LogP contribution in [0.25, 0.3) is 10.9 Å². The second-order valence-electron chi connectivity index (χ2n) is 11.9. The van der Waals surface area contributed by atoms with Crippen molar-refractivity contribution >= 4 is 53.5 Å². The molecule has 41 heavy (non-hydrogen) atoms. The molecule has 3 aliphatic heterocycles. The molecule has 218 valence electrons. The number of nitrogens with zero attached hydrogens (tertiary/aromatic N) is 5. The first-order chi connectivity index (χ1) is 19.6. The smallest absolute Gasteiger partial charge is 0.246 e. The molecule has 4 fully saturated rings. The fourth-order valence-electron chi connectivity index (χ4n) is 6.15. The average Bonchev–Trinajstić information content (AvgIpc) is 3.46. The second kappa shape index (κ2) is 10.8. The number of amides is 2. The van der Waals surface area contributed by atoms with Crippen molar-refractivity contribution in [2.75, 3.05) is 50.7 Å². The molecule has 2 N–H and O–H groups in total. The van der Waals surface area contributed by atoms with E-state index in [0.717, 1.165) is 55.2 Å². The quantitative estimate of drug-likeness (QED) is 0.338. The summed E-state index contributed by atoms with van der Waals surface area (Å²) in [6.45, 7) is 9.74. The number of nitrogens with one attached hydrogen (secondary N) is 2. The number of carbonyl (C=O) groups is 2. The minimum Gasteiger partial charge on any atom is -0.367 e. The van der Waals surface area contributed by atoms with Crippen molar-refractivity contribution in [1.29, 1.82) is 0 Å². The number of piperazine rings is 1. The molecule has 2 aromatic rings. The molecule has 1 aromatic heterocycles. The first-order valence-electron chi connectivity index (χ1n) is 14.4. The standard InChI is InChI=1S/C28H37N7O4SSi/c1-3-25(36)34-10-6-19(18-34)35-24-16-20(40(38,39)31-28(2)7-8-28)15-23(21(24)17-30-35)32-11-13-33(14-12-32)27(37)26(41)22-5-4-9-29-22/h3,15-17,19,22,29,31H,1,4-14,18H2,2H3/t19?,22-/m0/s1. The number of benzene rings is 1. The van der Waals surface area contributed by atoms with Crippen LogP contribution in [-0.2, 0) is 19.6 Å². The van der Waals surface area contributed by atoms with Crippen molar-refractivity contribution < 1.29 is 18.0 Å². The summed E-state index contributed by atoms with van der Waals surface area (Å²) in [4.78, 5) is 31.3. The highest BCUT2D eigenvalue weighted by atomic mass is 32.2. The van der Waals surface area contributed by atoms with Gasteiger partial charge in [-0.2, -0.15) is 5.10 Å². The highest BCUT2D eigenvalue weighted by Crippen LogP contribution is 2.38. The van der Waals surface area contributed by atoms with Gasteiger partial charge >= 0.3 is 0 Å². The molecule has 3 saturated heterocycles. The van der Waals surface area contributed by atoms with Crippen molar-refractivity contribution in [2.45, 2.75) is 61.5 Å². The third-order valence-electron chi connectivity index (χ3n) is 8.90. The van der Waals surface area contributed by atoms with Gasteiger partial charge in [-0.25, -0.2) is 13.1 Å². The molecule has 0 spiro atoms. The zero-order valence-corrected chi connectivity index (χ0v) is 25.3. The zero-order valence-electron chi connectivity index (χ0n) is 23.4. The van der Waals surface area contributed by atoms with Crippen LogP contribution in [0.1, 0.15) is 45.1 Å². The van der Waals surface area contributed by atoms with E-state index < -0.39 is 15.6 Å². The van der Waals surface area contributed by atoms with E-state index in [9.17, 15) is 18.0 Å². The summed E-state index contributed by atoms with van der Waals surface area (Å²) in [5.41, 5.74) is 1.11. The number of likely N-dealkylation sites (tertiary alicyclic amines) is 1. The fraction of sp³-hybridized carbons (Fsp3) is 0.571. The minimum absolute atomic E-state index is 0.0109. The molecule has 11 nitrogen and oxygen atoms in total. The first kappa shape index (κ1) is 28.3. The summed E-state index contributed by atoms with van der Waals surface area (Å²) in [5.74, 6) is -0.105.